The summed E-state index contributed by atoms with van der Waals surface area (Å²) >= 11 is 0. The zero-order valence-electron chi connectivity index (χ0n) is 18.1. The summed E-state index contributed by atoms with van der Waals surface area (Å²) in [5, 5.41) is 7.12. The normalized spacial score (nSPS) is 14.3. The smallest absolute Gasteiger partial charge is 0.228 e. The van der Waals surface area contributed by atoms with E-state index >= 15 is 0 Å². The van der Waals surface area contributed by atoms with Crippen molar-refractivity contribution in [3.8, 4) is 17.0 Å². The zero-order valence-corrected chi connectivity index (χ0v) is 18.1. The first-order valence-electron chi connectivity index (χ1n) is 10.7. The number of hydrogen-bond donors (Lipinski definition) is 1. The molecule has 0 radical (unpaired) electrons. The highest BCUT2D eigenvalue weighted by molar-refractivity contribution is 5.93. The van der Waals surface area contributed by atoms with Crippen molar-refractivity contribution in [1.82, 2.24) is 14.7 Å². The van der Waals surface area contributed by atoms with Crippen molar-refractivity contribution in [2.24, 2.45) is 7.05 Å². The minimum Gasteiger partial charge on any atom is -0.492 e. The van der Waals surface area contributed by atoms with E-state index in [9.17, 15) is 9.18 Å². The number of ether oxygens (including phenoxy) is 2. The molecule has 2 heterocycles. The average molecular weight is 439 g/mol. The van der Waals surface area contributed by atoms with Gasteiger partial charge in [0, 0.05) is 44.1 Å². The van der Waals surface area contributed by atoms with Gasteiger partial charge in [-0.25, -0.2) is 4.39 Å². The molecule has 1 aliphatic heterocycles. The Bertz CT molecular complexity index is 1060. The monoisotopic (exact) mass is 438 g/mol. The standard InChI is InChI=1S/C24H27FN4O3/c1-28-22(8-9-26-28)20-17-19(27-24(30)16-18-4-2-3-5-21(18)25)6-7-23(20)32-15-12-29-10-13-31-14-11-29/h2-9,17H,10-16H2,1H3,(H,27,30). The van der Waals surface area contributed by atoms with Crippen molar-refractivity contribution in [1.29, 1.82) is 0 Å². The maximum absolute atomic E-state index is 13.9. The van der Waals surface area contributed by atoms with Crippen molar-refractivity contribution >= 4 is 11.6 Å². The lowest BCUT2D eigenvalue weighted by Crippen LogP contribution is -2.38. The molecule has 1 N–H and O–H groups in total. The highest BCUT2D eigenvalue weighted by Gasteiger charge is 2.15. The van der Waals surface area contributed by atoms with Gasteiger partial charge in [-0.3, -0.25) is 14.4 Å². The number of benzene rings is 2. The van der Waals surface area contributed by atoms with Gasteiger partial charge in [0.2, 0.25) is 5.91 Å². The van der Waals surface area contributed by atoms with E-state index in [-0.39, 0.29) is 18.1 Å². The number of hydrogen-bond acceptors (Lipinski definition) is 5. The molecule has 1 amide bonds. The Labute approximate surface area is 186 Å². The Hall–Kier alpha value is -3.23. The second kappa shape index (κ2) is 10.4. The fourth-order valence-corrected chi connectivity index (χ4v) is 3.70. The Morgan fingerprint density at radius 1 is 1.19 bits per heavy atom. The number of carbonyl (C=O) groups is 1. The fourth-order valence-electron chi connectivity index (χ4n) is 3.70. The van der Waals surface area contributed by atoms with E-state index in [1.807, 2.05) is 25.2 Å². The Morgan fingerprint density at radius 2 is 2.00 bits per heavy atom. The van der Waals surface area contributed by atoms with Crippen molar-refractivity contribution in [3.05, 3.63) is 66.1 Å². The molecule has 1 aliphatic rings. The summed E-state index contributed by atoms with van der Waals surface area (Å²) in [5.41, 5.74) is 2.68. The first-order valence-corrected chi connectivity index (χ1v) is 10.7. The molecule has 1 aromatic heterocycles. The molecule has 2 aromatic carbocycles. The number of nitrogens with one attached hydrogen (secondary N) is 1. The number of nitrogens with zero attached hydrogens (tertiary/aromatic N) is 3. The van der Waals surface area contributed by atoms with Crippen LogP contribution < -0.4 is 10.1 Å². The number of halogens is 1. The van der Waals surface area contributed by atoms with Crippen molar-refractivity contribution < 1.29 is 18.7 Å². The van der Waals surface area contributed by atoms with E-state index in [4.69, 9.17) is 9.47 Å². The molecule has 1 fully saturated rings. The molecule has 1 saturated heterocycles. The van der Waals surface area contributed by atoms with Crippen LogP contribution in [0, 0.1) is 5.82 Å². The van der Waals surface area contributed by atoms with Crippen LogP contribution in [-0.4, -0.2) is 60.0 Å². The predicted molar refractivity (Wildman–Crippen MR) is 120 cm³/mol. The minimum atomic E-state index is -0.387. The number of aromatic nitrogens is 2. The second-order valence-corrected chi connectivity index (χ2v) is 7.67. The molecule has 0 atom stereocenters. The third kappa shape index (κ3) is 5.52. The van der Waals surface area contributed by atoms with E-state index in [1.54, 1.807) is 35.1 Å². The van der Waals surface area contributed by atoms with E-state index in [0.29, 0.717) is 23.6 Å². The lowest BCUT2D eigenvalue weighted by Gasteiger charge is -2.26. The van der Waals surface area contributed by atoms with Gasteiger partial charge in [-0.05, 0) is 35.9 Å². The number of aryl methyl sites for hydroxylation is 1. The molecule has 8 heteroatoms. The summed E-state index contributed by atoms with van der Waals surface area (Å²) in [5.74, 6) is 0.0447. The number of anilines is 1. The molecular weight excluding hydrogens is 411 g/mol. The van der Waals surface area contributed by atoms with Gasteiger partial charge in [-0.1, -0.05) is 18.2 Å². The number of rotatable bonds is 8. The fraction of sp³-hybridized carbons (Fsp3) is 0.333. The Balaban J connectivity index is 1.47. The van der Waals surface area contributed by atoms with Crippen LogP contribution in [0.4, 0.5) is 10.1 Å². The maximum Gasteiger partial charge on any atom is 0.228 e. The molecule has 7 nitrogen and oxygen atoms in total. The zero-order chi connectivity index (χ0) is 22.3. The number of amides is 1. The summed E-state index contributed by atoms with van der Waals surface area (Å²) in [4.78, 5) is 14.8. The maximum atomic E-state index is 13.9. The minimum absolute atomic E-state index is 0.0362. The first-order chi connectivity index (χ1) is 15.6. The van der Waals surface area contributed by atoms with E-state index in [1.165, 1.54) is 6.07 Å². The lowest BCUT2D eigenvalue weighted by atomic mass is 10.1. The van der Waals surface area contributed by atoms with Gasteiger partial charge in [0.25, 0.3) is 0 Å². The lowest BCUT2D eigenvalue weighted by molar-refractivity contribution is -0.115. The van der Waals surface area contributed by atoms with Crippen LogP contribution in [0.15, 0.2) is 54.7 Å². The summed E-state index contributed by atoms with van der Waals surface area (Å²) < 4.78 is 27.1. The SMILES string of the molecule is Cn1nccc1-c1cc(NC(=O)Cc2ccccc2F)ccc1OCCN1CCOCC1. The molecule has 0 unspecified atom stereocenters. The number of carbonyl (C=O) groups excluding carboxylic acids is 1. The van der Waals surface area contributed by atoms with Gasteiger partial charge in [-0.2, -0.15) is 5.10 Å². The van der Waals surface area contributed by atoms with Crippen molar-refractivity contribution in [2.45, 2.75) is 6.42 Å². The highest BCUT2D eigenvalue weighted by Crippen LogP contribution is 2.32. The molecule has 0 spiro atoms. The van der Waals surface area contributed by atoms with Gasteiger partial charge < -0.3 is 14.8 Å². The largest absolute Gasteiger partial charge is 0.492 e. The van der Waals surface area contributed by atoms with Gasteiger partial charge in [0.15, 0.2) is 0 Å². The van der Waals surface area contributed by atoms with Gasteiger partial charge >= 0.3 is 0 Å². The van der Waals surface area contributed by atoms with Crippen LogP contribution >= 0.6 is 0 Å². The van der Waals surface area contributed by atoms with Crippen LogP contribution in [0.2, 0.25) is 0 Å². The van der Waals surface area contributed by atoms with E-state index < -0.39 is 0 Å². The summed E-state index contributed by atoms with van der Waals surface area (Å²) in [7, 11) is 1.86. The van der Waals surface area contributed by atoms with Gasteiger partial charge in [-0.15, -0.1) is 0 Å². The van der Waals surface area contributed by atoms with Gasteiger partial charge in [0.05, 0.1) is 25.3 Å². The summed E-state index contributed by atoms with van der Waals surface area (Å²) in [6, 6.07) is 13.7. The molecule has 0 aliphatic carbocycles. The molecule has 32 heavy (non-hydrogen) atoms. The van der Waals surface area contributed by atoms with E-state index in [2.05, 4.69) is 15.3 Å². The second-order valence-electron chi connectivity index (χ2n) is 7.67. The highest BCUT2D eigenvalue weighted by atomic mass is 19.1. The Morgan fingerprint density at radius 3 is 2.75 bits per heavy atom. The molecule has 4 rings (SSSR count). The average Bonchev–Trinajstić information content (AvgIpc) is 3.22. The van der Waals surface area contributed by atoms with Crippen LogP contribution in [0.5, 0.6) is 5.75 Å². The molecule has 0 saturated carbocycles. The van der Waals surface area contributed by atoms with E-state index in [0.717, 1.165) is 44.1 Å². The topological polar surface area (TPSA) is 68.6 Å². The van der Waals surface area contributed by atoms with Crippen LogP contribution in [0.1, 0.15) is 5.56 Å². The third-order valence-corrected chi connectivity index (χ3v) is 5.44. The molecule has 3 aromatic rings. The van der Waals surface area contributed by atoms with Gasteiger partial charge in [0.1, 0.15) is 18.2 Å². The quantitative estimate of drug-likeness (QED) is 0.585. The summed E-state index contributed by atoms with van der Waals surface area (Å²) in [6.45, 7) is 4.68. The molecular formula is C24H27FN4O3. The van der Waals surface area contributed by atoms with Crippen molar-refractivity contribution in [3.63, 3.8) is 0 Å². The first kappa shape index (κ1) is 22.0. The predicted octanol–water partition coefficient (Wildman–Crippen LogP) is 3.12. The van der Waals surface area contributed by atoms with Crippen molar-refractivity contribution in [2.75, 3.05) is 44.8 Å². The van der Waals surface area contributed by atoms with Crippen LogP contribution in [-0.2, 0) is 23.0 Å². The summed E-state index contributed by atoms with van der Waals surface area (Å²) in [6.07, 6.45) is 1.68. The van der Waals surface area contributed by atoms with Crippen LogP contribution in [0.3, 0.4) is 0 Å². The third-order valence-electron chi connectivity index (χ3n) is 5.44. The molecule has 0 bridgehead atoms. The van der Waals surface area contributed by atoms with Crippen LogP contribution in [0.25, 0.3) is 11.3 Å². The Kier molecular flexibility index (Phi) is 7.14. The molecule has 168 valence electrons. The number of morpholine rings is 1.